The smallest absolute Gasteiger partial charge is 0.257 e. The van der Waals surface area contributed by atoms with E-state index < -0.39 is 0 Å². The average molecular weight is 381 g/mol. The Balaban J connectivity index is 1.71. The van der Waals surface area contributed by atoms with Gasteiger partial charge in [-0.3, -0.25) is 14.7 Å². The minimum absolute atomic E-state index is 0.159. The number of aryl methyl sites for hydroxylation is 1. The molecule has 3 aromatic rings. The van der Waals surface area contributed by atoms with E-state index >= 15 is 0 Å². The van der Waals surface area contributed by atoms with Crippen molar-refractivity contribution in [3.63, 3.8) is 0 Å². The largest absolute Gasteiger partial charge is 0.355 e. The molecule has 1 aromatic carbocycles. The molecule has 1 aliphatic carbocycles. The third-order valence-electron chi connectivity index (χ3n) is 4.69. The van der Waals surface area contributed by atoms with Gasteiger partial charge in [-0.05, 0) is 37.3 Å². The van der Waals surface area contributed by atoms with Gasteiger partial charge in [-0.15, -0.1) is 11.3 Å². The molecule has 0 spiro atoms. The molecule has 138 valence electrons. The minimum atomic E-state index is -0.272. The molecule has 0 aliphatic heterocycles. The van der Waals surface area contributed by atoms with Crippen LogP contribution in [0.2, 0.25) is 0 Å². The Kier molecular flexibility index (Phi) is 4.72. The van der Waals surface area contributed by atoms with Gasteiger partial charge in [0.05, 0.1) is 11.1 Å². The molecule has 8 heteroatoms. The number of aromatic amines is 1. The minimum Gasteiger partial charge on any atom is -0.355 e. The van der Waals surface area contributed by atoms with Gasteiger partial charge in [0.1, 0.15) is 11.3 Å². The molecule has 0 atom stereocenters. The van der Waals surface area contributed by atoms with Crippen molar-refractivity contribution in [2.45, 2.75) is 25.7 Å². The zero-order chi connectivity index (χ0) is 18.8. The number of thiophene rings is 1. The van der Waals surface area contributed by atoms with Crippen LogP contribution in [0.3, 0.4) is 0 Å². The number of hydrogen-bond acceptors (Lipinski definition) is 5. The molecular formula is C19H19N5O2S. The molecule has 0 saturated carbocycles. The topological polar surface area (TPSA) is 99.8 Å². The number of amides is 2. The summed E-state index contributed by atoms with van der Waals surface area (Å²) in [4.78, 5) is 30.8. The van der Waals surface area contributed by atoms with Crippen molar-refractivity contribution >= 4 is 28.2 Å². The van der Waals surface area contributed by atoms with Crippen LogP contribution in [0, 0.1) is 0 Å². The lowest BCUT2D eigenvalue weighted by Gasteiger charge is -2.12. The first-order chi connectivity index (χ1) is 13.2. The van der Waals surface area contributed by atoms with Gasteiger partial charge in [0.25, 0.3) is 11.8 Å². The number of nitrogens with zero attached hydrogens (tertiary/aromatic N) is 2. The van der Waals surface area contributed by atoms with Gasteiger partial charge in [-0.1, -0.05) is 18.2 Å². The predicted molar refractivity (Wildman–Crippen MR) is 104 cm³/mol. The maximum absolute atomic E-state index is 13.0. The number of H-pyrrole nitrogens is 1. The number of fused-ring (bicyclic) bond motifs is 1. The van der Waals surface area contributed by atoms with Crippen LogP contribution in [0.4, 0.5) is 5.00 Å². The summed E-state index contributed by atoms with van der Waals surface area (Å²) in [6.07, 6.45) is 5.41. The van der Waals surface area contributed by atoms with Crippen molar-refractivity contribution in [3.05, 3.63) is 52.2 Å². The van der Waals surface area contributed by atoms with Crippen molar-refractivity contribution in [1.29, 1.82) is 0 Å². The Hall–Kier alpha value is -3.00. The lowest BCUT2D eigenvalue weighted by molar-refractivity contribution is 0.0963. The first kappa shape index (κ1) is 17.4. The number of anilines is 1. The molecule has 2 heterocycles. The second-order valence-electron chi connectivity index (χ2n) is 6.33. The second kappa shape index (κ2) is 7.32. The maximum atomic E-state index is 13.0. The zero-order valence-electron chi connectivity index (χ0n) is 14.8. The number of rotatable bonds is 4. The summed E-state index contributed by atoms with van der Waals surface area (Å²) in [5.74, 6) is 0.0942. The van der Waals surface area contributed by atoms with Crippen LogP contribution in [0.25, 0.3) is 11.4 Å². The molecule has 0 fully saturated rings. The van der Waals surface area contributed by atoms with Gasteiger partial charge in [-0.2, -0.15) is 5.10 Å². The molecule has 2 aromatic heterocycles. The van der Waals surface area contributed by atoms with Crippen molar-refractivity contribution < 1.29 is 9.59 Å². The van der Waals surface area contributed by atoms with E-state index in [4.69, 9.17) is 0 Å². The van der Waals surface area contributed by atoms with Crippen molar-refractivity contribution in [3.8, 4) is 11.4 Å². The molecule has 3 N–H and O–H groups in total. The fourth-order valence-corrected chi connectivity index (χ4v) is 4.69. The van der Waals surface area contributed by atoms with Crippen molar-refractivity contribution in [1.82, 2.24) is 20.5 Å². The SMILES string of the molecule is CNC(=O)c1c(NC(=O)c2ccccc2-c2ncn[nH]2)sc2c1CCCC2. The summed E-state index contributed by atoms with van der Waals surface area (Å²) in [7, 11) is 1.61. The number of aromatic nitrogens is 3. The number of hydrogen-bond donors (Lipinski definition) is 3. The zero-order valence-corrected chi connectivity index (χ0v) is 15.7. The third-order valence-corrected chi connectivity index (χ3v) is 5.90. The van der Waals surface area contributed by atoms with Gasteiger partial charge in [-0.25, -0.2) is 4.98 Å². The highest BCUT2D eigenvalue weighted by Gasteiger charge is 2.26. The molecule has 0 bridgehead atoms. The van der Waals surface area contributed by atoms with E-state index in [9.17, 15) is 9.59 Å². The monoisotopic (exact) mass is 381 g/mol. The quantitative estimate of drug-likeness (QED) is 0.647. The molecule has 0 radical (unpaired) electrons. The highest BCUT2D eigenvalue weighted by molar-refractivity contribution is 7.17. The van der Waals surface area contributed by atoms with Crippen LogP contribution in [-0.2, 0) is 12.8 Å². The lowest BCUT2D eigenvalue weighted by atomic mass is 9.95. The van der Waals surface area contributed by atoms with Crippen LogP contribution < -0.4 is 10.6 Å². The van der Waals surface area contributed by atoms with E-state index in [2.05, 4.69) is 25.8 Å². The Morgan fingerprint density at radius 1 is 1.15 bits per heavy atom. The first-order valence-corrected chi connectivity index (χ1v) is 9.63. The fourth-order valence-electron chi connectivity index (χ4n) is 3.41. The molecule has 0 saturated heterocycles. The van der Waals surface area contributed by atoms with E-state index in [0.29, 0.717) is 27.5 Å². The molecule has 7 nitrogen and oxygen atoms in total. The van der Waals surface area contributed by atoms with E-state index in [1.807, 2.05) is 12.1 Å². The Bertz CT molecular complexity index is 994. The number of carbonyl (C=O) groups is 2. The molecule has 1 aliphatic rings. The maximum Gasteiger partial charge on any atom is 0.257 e. The van der Waals surface area contributed by atoms with E-state index in [1.165, 1.54) is 22.5 Å². The molecule has 0 unspecified atom stereocenters. The van der Waals surface area contributed by atoms with Gasteiger partial charge in [0.2, 0.25) is 0 Å². The van der Waals surface area contributed by atoms with Crippen molar-refractivity contribution in [2.75, 3.05) is 12.4 Å². The van der Waals surface area contributed by atoms with Crippen LogP contribution in [0.15, 0.2) is 30.6 Å². The summed E-state index contributed by atoms with van der Waals surface area (Å²) >= 11 is 1.50. The highest BCUT2D eigenvalue weighted by atomic mass is 32.1. The normalized spacial score (nSPS) is 13.1. The summed E-state index contributed by atoms with van der Waals surface area (Å²) in [6, 6.07) is 7.19. The Labute approximate surface area is 160 Å². The summed E-state index contributed by atoms with van der Waals surface area (Å²) < 4.78 is 0. The van der Waals surface area contributed by atoms with Crippen LogP contribution >= 0.6 is 11.3 Å². The van der Waals surface area contributed by atoms with Gasteiger partial charge < -0.3 is 10.6 Å². The van der Waals surface area contributed by atoms with Gasteiger partial charge in [0, 0.05) is 17.5 Å². The molecular weight excluding hydrogens is 362 g/mol. The average Bonchev–Trinajstić information content (AvgIpc) is 3.35. The Morgan fingerprint density at radius 3 is 2.74 bits per heavy atom. The number of benzene rings is 1. The number of carbonyl (C=O) groups excluding carboxylic acids is 2. The molecule has 27 heavy (non-hydrogen) atoms. The van der Waals surface area contributed by atoms with E-state index in [1.54, 1.807) is 19.2 Å². The second-order valence-corrected chi connectivity index (χ2v) is 7.43. The summed E-state index contributed by atoms with van der Waals surface area (Å²) in [5, 5.41) is 12.9. The standard InChI is InChI=1S/C19H19N5O2S/c1-20-18(26)15-13-8-4-5-9-14(13)27-19(15)23-17(25)12-7-3-2-6-11(12)16-21-10-22-24-16/h2-3,6-7,10H,4-5,8-9H2,1H3,(H,20,26)(H,23,25)(H,21,22,24). The fraction of sp³-hybridized carbons (Fsp3) is 0.263. The van der Waals surface area contributed by atoms with Crippen molar-refractivity contribution in [2.24, 2.45) is 0 Å². The Morgan fingerprint density at radius 2 is 1.96 bits per heavy atom. The van der Waals surface area contributed by atoms with Crippen LogP contribution in [0.5, 0.6) is 0 Å². The highest BCUT2D eigenvalue weighted by Crippen LogP contribution is 2.38. The van der Waals surface area contributed by atoms with Gasteiger partial charge >= 0.3 is 0 Å². The van der Waals surface area contributed by atoms with Crippen LogP contribution in [0.1, 0.15) is 44.0 Å². The lowest BCUT2D eigenvalue weighted by Crippen LogP contribution is -2.22. The predicted octanol–water partition coefficient (Wildman–Crippen LogP) is 3.02. The first-order valence-electron chi connectivity index (χ1n) is 8.81. The molecule has 4 rings (SSSR count). The van der Waals surface area contributed by atoms with E-state index in [-0.39, 0.29) is 11.8 Å². The molecule has 2 amide bonds. The van der Waals surface area contributed by atoms with Gasteiger partial charge in [0.15, 0.2) is 5.82 Å². The van der Waals surface area contributed by atoms with E-state index in [0.717, 1.165) is 31.2 Å². The number of nitrogens with one attached hydrogen (secondary N) is 3. The summed E-state index contributed by atoms with van der Waals surface area (Å²) in [5.41, 5.74) is 2.81. The van der Waals surface area contributed by atoms with Crippen LogP contribution in [-0.4, -0.2) is 34.0 Å². The third kappa shape index (κ3) is 3.23. The summed E-state index contributed by atoms with van der Waals surface area (Å²) in [6.45, 7) is 0.